The van der Waals surface area contributed by atoms with E-state index in [1.807, 2.05) is 0 Å². The van der Waals surface area contributed by atoms with Gasteiger partial charge in [0.25, 0.3) is 6.43 Å². The summed E-state index contributed by atoms with van der Waals surface area (Å²) in [7, 11) is 0. The van der Waals surface area contributed by atoms with E-state index in [0.717, 1.165) is 0 Å². The van der Waals surface area contributed by atoms with E-state index in [9.17, 15) is 13.2 Å². The van der Waals surface area contributed by atoms with Gasteiger partial charge in [-0.2, -0.15) is 5.10 Å². The van der Waals surface area contributed by atoms with Crippen LogP contribution in [0.15, 0.2) is 28.9 Å². The Morgan fingerprint density at radius 2 is 2.11 bits per heavy atom. The zero-order chi connectivity index (χ0) is 13.3. The second kappa shape index (κ2) is 5.14. The molecule has 18 heavy (non-hydrogen) atoms. The van der Waals surface area contributed by atoms with Gasteiger partial charge in [-0.15, -0.1) is 0 Å². The van der Waals surface area contributed by atoms with Crippen LogP contribution in [0.25, 0.3) is 11.3 Å². The summed E-state index contributed by atoms with van der Waals surface area (Å²) in [4.78, 5) is 0. The minimum absolute atomic E-state index is 0.00866. The van der Waals surface area contributed by atoms with Gasteiger partial charge in [-0.1, -0.05) is 15.9 Å². The SMILES string of the molecule is CCn1cc(C(F)F)c(-c2cc(Br)ccc2F)n1. The Kier molecular flexibility index (Phi) is 3.75. The van der Waals surface area contributed by atoms with Crippen molar-refractivity contribution >= 4 is 15.9 Å². The molecule has 6 heteroatoms. The van der Waals surface area contributed by atoms with Crippen molar-refractivity contribution in [1.29, 1.82) is 0 Å². The van der Waals surface area contributed by atoms with Gasteiger partial charge in [-0.3, -0.25) is 4.68 Å². The fraction of sp³-hybridized carbons (Fsp3) is 0.250. The van der Waals surface area contributed by atoms with Crippen molar-refractivity contribution in [2.45, 2.75) is 19.9 Å². The number of aryl methyl sites for hydroxylation is 1. The average molecular weight is 319 g/mol. The molecule has 0 unspecified atom stereocenters. The molecule has 0 fully saturated rings. The summed E-state index contributed by atoms with van der Waals surface area (Å²) in [5.74, 6) is -0.568. The molecular weight excluding hydrogens is 309 g/mol. The molecule has 0 N–H and O–H groups in total. The summed E-state index contributed by atoms with van der Waals surface area (Å²) in [5.41, 5.74) is -0.189. The molecule has 1 aromatic carbocycles. The summed E-state index contributed by atoms with van der Waals surface area (Å²) < 4.78 is 41.5. The molecule has 0 amide bonds. The monoisotopic (exact) mass is 318 g/mol. The predicted molar refractivity (Wildman–Crippen MR) is 66.0 cm³/mol. The molecular formula is C12H10BrF3N2. The van der Waals surface area contributed by atoms with Gasteiger partial charge >= 0.3 is 0 Å². The molecule has 2 nitrogen and oxygen atoms in total. The highest BCUT2D eigenvalue weighted by molar-refractivity contribution is 9.10. The van der Waals surface area contributed by atoms with E-state index in [-0.39, 0.29) is 16.8 Å². The topological polar surface area (TPSA) is 17.8 Å². The molecule has 1 aromatic heterocycles. The maximum atomic E-state index is 13.7. The molecule has 0 saturated carbocycles. The largest absolute Gasteiger partial charge is 0.272 e. The lowest BCUT2D eigenvalue weighted by atomic mass is 10.1. The first-order chi connectivity index (χ1) is 8.52. The van der Waals surface area contributed by atoms with Gasteiger partial charge in [0.05, 0.1) is 5.56 Å². The zero-order valence-electron chi connectivity index (χ0n) is 9.50. The van der Waals surface area contributed by atoms with Gasteiger partial charge in [0.15, 0.2) is 0 Å². The van der Waals surface area contributed by atoms with E-state index < -0.39 is 12.2 Å². The van der Waals surface area contributed by atoms with Crippen molar-refractivity contribution in [2.24, 2.45) is 0 Å². The number of aromatic nitrogens is 2. The Balaban J connectivity index is 2.62. The maximum absolute atomic E-state index is 13.7. The fourth-order valence-corrected chi connectivity index (χ4v) is 2.01. The normalized spacial score (nSPS) is 11.2. The van der Waals surface area contributed by atoms with Gasteiger partial charge < -0.3 is 0 Å². The average Bonchev–Trinajstić information content (AvgIpc) is 2.76. The van der Waals surface area contributed by atoms with Crippen LogP contribution < -0.4 is 0 Å². The van der Waals surface area contributed by atoms with Crippen LogP contribution >= 0.6 is 15.9 Å². The number of alkyl halides is 2. The highest BCUT2D eigenvalue weighted by Crippen LogP contribution is 2.32. The molecule has 1 heterocycles. The van der Waals surface area contributed by atoms with E-state index in [1.165, 1.54) is 29.1 Å². The van der Waals surface area contributed by atoms with Crippen LogP contribution in [-0.2, 0) is 6.54 Å². The maximum Gasteiger partial charge on any atom is 0.267 e. The van der Waals surface area contributed by atoms with Gasteiger partial charge in [0, 0.05) is 22.8 Å². The van der Waals surface area contributed by atoms with Crippen LogP contribution in [0.3, 0.4) is 0 Å². The lowest BCUT2D eigenvalue weighted by molar-refractivity contribution is 0.152. The Labute approximate surface area is 111 Å². The molecule has 96 valence electrons. The first-order valence-corrected chi connectivity index (χ1v) is 6.13. The van der Waals surface area contributed by atoms with E-state index in [0.29, 0.717) is 11.0 Å². The Bertz CT molecular complexity index is 566. The smallest absolute Gasteiger partial charge is 0.267 e. The van der Waals surface area contributed by atoms with Gasteiger partial charge in [0.2, 0.25) is 0 Å². The van der Waals surface area contributed by atoms with E-state index in [2.05, 4.69) is 21.0 Å². The fourth-order valence-electron chi connectivity index (χ4n) is 1.65. The van der Waals surface area contributed by atoms with Crippen molar-refractivity contribution in [1.82, 2.24) is 9.78 Å². The number of hydrogen-bond acceptors (Lipinski definition) is 1. The van der Waals surface area contributed by atoms with Gasteiger partial charge in [-0.25, -0.2) is 13.2 Å². The quantitative estimate of drug-likeness (QED) is 0.819. The molecule has 0 spiro atoms. The molecule has 0 aliphatic carbocycles. The molecule has 0 aliphatic rings. The third-order valence-corrected chi connectivity index (χ3v) is 3.03. The van der Waals surface area contributed by atoms with Crippen molar-refractivity contribution in [3.63, 3.8) is 0 Å². The number of halogens is 4. The molecule has 2 rings (SSSR count). The number of hydrogen-bond donors (Lipinski definition) is 0. The van der Waals surface area contributed by atoms with E-state index in [1.54, 1.807) is 6.92 Å². The van der Waals surface area contributed by atoms with Gasteiger partial charge in [-0.05, 0) is 25.1 Å². The zero-order valence-corrected chi connectivity index (χ0v) is 11.1. The number of rotatable bonds is 3. The Morgan fingerprint density at radius 1 is 1.39 bits per heavy atom. The highest BCUT2D eigenvalue weighted by Gasteiger charge is 2.21. The van der Waals surface area contributed by atoms with Crippen molar-refractivity contribution < 1.29 is 13.2 Å². The predicted octanol–water partition coefficient (Wildman–Crippen LogP) is 4.41. The first kappa shape index (κ1) is 13.1. The first-order valence-electron chi connectivity index (χ1n) is 5.33. The molecule has 2 aromatic rings. The summed E-state index contributed by atoms with van der Waals surface area (Å²) >= 11 is 3.19. The minimum Gasteiger partial charge on any atom is -0.272 e. The second-order valence-electron chi connectivity index (χ2n) is 3.71. The third-order valence-electron chi connectivity index (χ3n) is 2.53. The molecule has 0 aliphatic heterocycles. The number of nitrogens with zero attached hydrogens (tertiary/aromatic N) is 2. The van der Waals surface area contributed by atoms with Crippen LogP contribution in [0.4, 0.5) is 13.2 Å². The minimum atomic E-state index is -2.68. The van der Waals surface area contributed by atoms with Crippen LogP contribution in [0.2, 0.25) is 0 Å². The summed E-state index contributed by atoms with van der Waals surface area (Å²) in [6, 6.07) is 4.18. The van der Waals surface area contributed by atoms with Crippen molar-refractivity contribution in [3.05, 3.63) is 40.2 Å². The highest BCUT2D eigenvalue weighted by atomic mass is 79.9. The summed E-state index contributed by atoms with van der Waals surface area (Å²) in [5, 5.41) is 4.00. The standard InChI is InChI=1S/C12H10BrF3N2/c1-2-18-6-9(12(15)16)11(17-18)8-5-7(13)3-4-10(8)14/h3-6,12H,2H2,1H3. The van der Waals surface area contributed by atoms with Crippen molar-refractivity contribution in [2.75, 3.05) is 0 Å². The lowest BCUT2D eigenvalue weighted by Gasteiger charge is -2.03. The summed E-state index contributed by atoms with van der Waals surface area (Å²) in [6.45, 7) is 2.23. The molecule has 0 radical (unpaired) electrons. The second-order valence-corrected chi connectivity index (χ2v) is 4.63. The van der Waals surface area contributed by atoms with Crippen LogP contribution in [-0.4, -0.2) is 9.78 Å². The Hall–Kier alpha value is -1.30. The van der Waals surface area contributed by atoms with Crippen molar-refractivity contribution in [3.8, 4) is 11.3 Å². The van der Waals surface area contributed by atoms with Crippen LogP contribution in [0.1, 0.15) is 18.9 Å². The molecule has 0 atom stereocenters. The van der Waals surface area contributed by atoms with E-state index >= 15 is 0 Å². The Morgan fingerprint density at radius 3 is 2.72 bits per heavy atom. The van der Waals surface area contributed by atoms with E-state index in [4.69, 9.17) is 0 Å². The third kappa shape index (κ3) is 2.43. The summed E-state index contributed by atoms with van der Waals surface area (Å²) in [6.07, 6.45) is -1.43. The molecule has 0 bridgehead atoms. The number of benzene rings is 1. The lowest BCUT2D eigenvalue weighted by Crippen LogP contribution is -1.94. The molecule has 0 saturated heterocycles. The van der Waals surface area contributed by atoms with Gasteiger partial charge in [0.1, 0.15) is 11.5 Å². The van der Waals surface area contributed by atoms with Crippen LogP contribution in [0, 0.1) is 5.82 Å². The van der Waals surface area contributed by atoms with Crippen LogP contribution in [0.5, 0.6) is 0 Å².